The first kappa shape index (κ1) is 30.8. The number of carbonyl (C=O) groups is 1. The lowest BCUT2D eigenvalue weighted by atomic mass is 9.96. The maximum Gasteiger partial charge on any atom is 0.246 e. The molecule has 5 rings (SSSR count). The highest BCUT2D eigenvalue weighted by Gasteiger charge is 2.43. The molecule has 2 atom stereocenters. The molecule has 0 aliphatic carbocycles. The highest BCUT2D eigenvalue weighted by atomic mass is 32.2. The van der Waals surface area contributed by atoms with E-state index in [9.17, 15) is 23.7 Å². The van der Waals surface area contributed by atoms with E-state index in [0.717, 1.165) is 12.3 Å². The van der Waals surface area contributed by atoms with Gasteiger partial charge in [-0.25, -0.2) is 17.8 Å². The van der Waals surface area contributed by atoms with Gasteiger partial charge < -0.3 is 31.4 Å². The average Bonchev–Trinajstić information content (AvgIpc) is 3.06. The molecule has 1 amide bonds. The summed E-state index contributed by atoms with van der Waals surface area (Å²) in [5.74, 6) is -2.55. The zero-order valence-electron chi connectivity index (χ0n) is 24.5. The number of aliphatic hydroxyl groups excluding tert-OH is 1. The van der Waals surface area contributed by atoms with E-state index >= 15 is 4.39 Å². The zero-order chi connectivity index (χ0) is 32.1. The molecule has 2 aliphatic heterocycles. The average molecular weight is 621 g/mol. The Bertz CT molecular complexity index is 1840. The fourth-order valence-electron chi connectivity index (χ4n) is 5.80. The van der Waals surface area contributed by atoms with E-state index in [1.165, 1.54) is 18.0 Å². The van der Waals surface area contributed by atoms with Gasteiger partial charge in [0.05, 0.1) is 34.8 Å². The second-order valence-corrected chi connectivity index (χ2v) is 12.9. The Morgan fingerprint density at radius 2 is 1.98 bits per heavy atom. The van der Waals surface area contributed by atoms with E-state index in [1.807, 2.05) is 0 Å². The molecule has 14 heteroatoms. The highest BCUT2D eigenvalue weighted by molar-refractivity contribution is 7.91. The number of sulfone groups is 1. The summed E-state index contributed by atoms with van der Waals surface area (Å²) >= 11 is 0. The number of halogens is 1. The molecule has 4 heterocycles. The number of nitrogens with one attached hydrogen (secondary N) is 3. The topological polar surface area (TPSA) is 189 Å². The summed E-state index contributed by atoms with van der Waals surface area (Å²) < 4.78 is 45.1. The van der Waals surface area contributed by atoms with E-state index < -0.39 is 38.4 Å². The number of amides is 1. The number of nitrogen functional groups attached to an aromatic ring is 1. The smallest absolute Gasteiger partial charge is 0.246 e. The lowest BCUT2D eigenvalue weighted by molar-refractivity contribution is -0.128. The van der Waals surface area contributed by atoms with E-state index in [-0.39, 0.29) is 71.0 Å². The third-order valence-electron chi connectivity index (χ3n) is 8.01. The van der Waals surface area contributed by atoms with Crippen LogP contribution in [-0.2, 0) is 14.6 Å². The number of carbonyl (C=O) groups excluding carboxylic acids is 1. The van der Waals surface area contributed by atoms with Crippen LogP contribution in [0.2, 0.25) is 0 Å². The number of amidine groups is 1. The molecule has 0 bridgehead atoms. The first-order valence-electron chi connectivity index (χ1n) is 13.8. The van der Waals surface area contributed by atoms with Gasteiger partial charge in [-0.3, -0.25) is 15.2 Å². The molecule has 1 aromatic carbocycles. The van der Waals surface area contributed by atoms with Crippen molar-refractivity contribution < 1.29 is 22.7 Å². The maximum atomic E-state index is 16.8. The summed E-state index contributed by atoms with van der Waals surface area (Å²) in [6.45, 7) is 8.77. The van der Waals surface area contributed by atoms with Gasteiger partial charge in [-0.05, 0) is 50.1 Å². The quantitative estimate of drug-likeness (QED) is 0.157. The van der Waals surface area contributed by atoms with Crippen LogP contribution in [0.3, 0.4) is 0 Å². The Labute approximate surface area is 254 Å². The highest BCUT2D eigenvalue weighted by Crippen LogP contribution is 2.41. The van der Waals surface area contributed by atoms with Gasteiger partial charge in [0.25, 0.3) is 0 Å². The van der Waals surface area contributed by atoms with Crippen LogP contribution < -0.4 is 11.1 Å². The van der Waals surface area contributed by atoms with E-state index in [0.29, 0.717) is 16.8 Å². The Hall–Kier alpha value is -4.69. The minimum atomic E-state index is -4.45. The van der Waals surface area contributed by atoms with Gasteiger partial charge in [-0.1, -0.05) is 12.6 Å². The van der Waals surface area contributed by atoms with Crippen molar-refractivity contribution in [3.8, 4) is 11.3 Å². The number of hydrogen-bond donors (Lipinski definition) is 5. The van der Waals surface area contributed by atoms with Crippen LogP contribution in [0, 0.1) is 30.5 Å². The predicted octanol–water partition coefficient (Wildman–Crippen LogP) is 3.09. The van der Waals surface area contributed by atoms with E-state index in [4.69, 9.17) is 11.1 Å². The molecular weight excluding hydrogens is 587 g/mol. The number of piperazine rings is 1. The van der Waals surface area contributed by atoms with Crippen molar-refractivity contribution in [2.24, 2.45) is 0 Å². The second kappa shape index (κ2) is 11.4. The molecule has 1 fully saturated rings. The second-order valence-electron chi connectivity index (χ2n) is 10.9. The summed E-state index contributed by atoms with van der Waals surface area (Å²) in [5, 5.41) is 30.8. The summed E-state index contributed by atoms with van der Waals surface area (Å²) in [7, 11) is -4.45. The Morgan fingerprint density at radius 1 is 1.25 bits per heavy atom. The summed E-state index contributed by atoms with van der Waals surface area (Å²) in [6.07, 6.45) is 2.58. The van der Waals surface area contributed by atoms with Gasteiger partial charge in [0.2, 0.25) is 5.91 Å². The van der Waals surface area contributed by atoms with Crippen LogP contribution in [0.15, 0.2) is 41.9 Å². The molecule has 1 saturated heterocycles. The monoisotopic (exact) mass is 620 g/mol. The van der Waals surface area contributed by atoms with Gasteiger partial charge in [0.1, 0.15) is 22.2 Å². The van der Waals surface area contributed by atoms with Crippen LogP contribution in [0.1, 0.15) is 41.0 Å². The fourth-order valence-corrected chi connectivity index (χ4v) is 7.64. The zero-order valence-corrected chi connectivity index (χ0v) is 25.3. The van der Waals surface area contributed by atoms with Crippen molar-refractivity contribution in [1.82, 2.24) is 19.8 Å². The Balaban J connectivity index is 1.83. The van der Waals surface area contributed by atoms with Gasteiger partial charge in [0, 0.05) is 48.9 Å². The number of aryl methyl sites for hydroxylation is 2. The molecule has 6 N–H and O–H groups in total. The predicted molar refractivity (Wildman–Crippen MR) is 166 cm³/mol. The van der Waals surface area contributed by atoms with Crippen molar-refractivity contribution in [3.63, 3.8) is 0 Å². The van der Waals surface area contributed by atoms with Crippen molar-refractivity contribution in [2.75, 3.05) is 36.4 Å². The molecule has 2 aliphatic rings. The number of fused-ring (bicyclic) bond motifs is 2. The molecule has 0 saturated carbocycles. The number of aromatic nitrogens is 2. The van der Waals surface area contributed by atoms with Crippen molar-refractivity contribution >= 4 is 45.0 Å². The third-order valence-corrected chi connectivity index (χ3v) is 9.84. The number of aliphatic hydroxyl groups is 1. The van der Waals surface area contributed by atoms with Crippen LogP contribution in [0.4, 0.5) is 21.6 Å². The molecule has 3 aromatic rings. The third kappa shape index (κ3) is 5.09. The number of benzene rings is 1. The number of rotatable bonds is 6. The fraction of sp³-hybridized carbons (Fsp3) is 0.300. The van der Waals surface area contributed by atoms with Gasteiger partial charge in [-0.2, -0.15) is 0 Å². The number of nitrogens with zero attached hydrogens (tertiary/aromatic N) is 4. The number of hydrogen-bond acceptors (Lipinski definition) is 10. The van der Waals surface area contributed by atoms with Crippen molar-refractivity contribution in [3.05, 3.63) is 70.8 Å². The van der Waals surface area contributed by atoms with E-state index in [1.54, 1.807) is 36.9 Å². The summed E-state index contributed by atoms with van der Waals surface area (Å²) in [6, 6.07) is 4.03. The first-order valence-corrected chi connectivity index (χ1v) is 15.5. The van der Waals surface area contributed by atoms with Crippen LogP contribution in [0.25, 0.3) is 11.3 Å². The molecule has 0 spiro atoms. The molecule has 12 nitrogen and oxygen atoms in total. The van der Waals surface area contributed by atoms with Crippen LogP contribution >= 0.6 is 0 Å². The normalized spacial score (nSPS) is 18.1. The molecule has 2 unspecified atom stereocenters. The van der Waals surface area contributed by atoms with Crippen molar-refractivity contribution in [1.29, 1.82) is 10.8 Å². The minimum Gasteiger partial charge on any atom is -0.398 e. The lowest BCUT2D eigenvalue weighted by Crippen LogP contribution is -2.57. The molecule has 2 aromatic heterocycles. The first-order chi connectivity index (χ1) is 20.8. The number of nitrogens with two attached hydrogens (primary N) is 1. The van der Waals surface area contributed by atoms with Crippen LogP contribution in [0.5, 0.6) is 0 Å². The lowest BCUT2D eigenvalue weighted by Gasteiger charge is -2.41. The summed E-state index contributed by atoms with van der Waals surface area (Å²) in [5.41, 5.74) is 7.64. The standard InChI is InChI=1S/C30H33FN8O4S/c1-5-21(41)38-10-11-39-18(13-38)14-44(42,43)28-23(29(39)34)30(36-25-16(3)8-9-35-26(25)17(4)40)37-27(24(28)31)22-15(2)6-7-20(33)19(22)12-32/h5-9,12,17-18,32,34,40H,1,10-11,13-14,33H2,2-4H3,(H,36,37). The minimum absolute atomic E-state index is 0.00865. The molecular formula is C30H33FN8O4S. The molecule has 230 valence electrons. The van der Waals surface area contributed by atoms with E-state index in [2.05, 4.69) is 21.9 Å². The van der Waals surface area contributed by atoms with Crippen LogP contribution in [-0.4, -0.2) is 82.7 Å². The Kier molecular flexibility index (Phi) is 7.99. The van der Waals surface area contributed by atoms with Gasteiger partial charge in [-0.15, -0.1) is 0 Å². The maximum absolute atomic E-state index is 16.8. The summed E-state index contributed by atoms with van der Waals surface area (Å²) in [4.78, 5) is 23.5. The SMILES string of the molecule is C=CC(=O)N1CCN2C(=N)c3c(Nc4c(C)ccnc4C(C)O)nc(-c4c(C)ccc(N)c4C=N)c(F)c3S(=O)(=O)CC2C1. The molecule has 0 radical (unpaired) electrons. The van der Waals surface area contributed by atoms with Gasteiger partial charge >= 0.3 is 0 Å². The van der Waals surface area contributed by atoms with Crippen molar-refractivity contribution in [2.45, 2.75) is 37.8 Å². The van der Waals surface area contributed by atoms with Gasteiger partial charge in [0.15, 0.2) is 15.7 Å². The largest absolute Gasteiger partial charge is 0.398 e. The number of pyridine rings is 2. The molecule has 44 heavy (non-hydrogen) atoms. The number of anilines is 3. The Morgan fingerprint density at radius 3 is 2.64 bits per heavy atom.